The zero-order valence-electron chi connectivity index (χ0n) is 12.7. The van der Waals surface area contributed by atoms with Gasteiger partial charge in [-0.3, -0.25) is 10.1 Å². The number of hydrogen-bond donors (Lipinski definition) is 0. The van der Waals surface area contributed by atoms with Crippen LogP contribution in [0.1, 0.15) is 5.82 Å². The number of tetrazole rings is 1. The lowest BCUT2D eigenvalue weighted by Crippen LogP contribution is -2.07. The second-order valence-corrected chi connectivity index (χ2v) is 4.72. The Morgan fingerprint density at radius 2 is 1.96 bits per heavy atom. The molecule has 24 heavy (non-hydrogen) atoms. The summed E-state index contributed by atoms with van der Waals surface area (Å²) in [7, 11) is 1.46. The van der Waals surface area contributed by atoms with Gasteiger partial charge in [0, 0.05) is 6.07 Å². The molecule has 0 aliphatic carbocycles. The summed E-state index contributed by atoms with van der Waals surface area (Å²) in [5, 5.41) is 22.4. The van der Waals surface area contributed by atoms with Gasteiger partial charge in [-0.25, -0.2) is 0 Å². The van der Waals surface area contributed by atoms with E-state index in [1.54, 1.807) is 0 Å². The predicted molar refractivity (Wildman–Crippen MR) is 83.1 cm³/mol. The maximum atomic E-state index is 10.9. The van der Waals surface area contributed by atoms with Crippen LogP contribution in [0.3, 0.4) is 0 Å². The molecule has 0 saturated heterocycles. The van der Waals surface area contributed by atoms with Crippen molar-refractivity contribution in [3.05, 3.63) is 64.5 Å². The zero-order valence-corrected chi connectivity index (χ0v) is 12.7. The van der Waals surface area contributed by atoms with Crippen molar-refractivity contribution in [1.29, 1.82) is 0 Å². The number of nitro groups is 1. The lowest BCUT2D eigenvalue weighted by atomic mass is 10.3. The molecule has 0 fully saturated rings. The van der Waals surface area contributed by atoms with E-state index in [0.29, 0.717) is 11.6 Å². The summed E-state index contributed by atoms with van der Waals surface area (Å²) < 4.78 is 12.3. The van der Waals surface area contributed by atoms with E-state index in [1.165, 1.54) is 30.0 Å². The summed E-state index contributed by atoms with van der Waals surface area (Å²) in [6, 6.07) is 13.5. The molecular weight excluding hydrogens is 314 g/mol. The number of hydrogen-bond acceptors (Lipinski definition) is 7. The summed E-state index contributed by atoms with van der Waals surface area (Å²) >= 11 is 0. The molecule has 0 saturated carbocycles. The normalized spacial score (nSPS) is 10.4. The quantitative estimate of drug-likeness (QED) is 0.504. The third kappa shape index (κ3) is 3.14. The molecule has 122 valence electrons. The zero-order chi connectivity index (χ0) is 16.9. The van der Waals surface area contributed by atoms with E-state index in [9.17, 15) is 10.1 Å². The van der Waals surface area contributed by atoms with Crippen LogP contribution in [0.4, 0.5) is 5.69 Å². The molecule has 0 amide bonds. The first kappa shape index (κ1) is 15.4. The molecule has 1 aromatic heterocycles. The van der Waals surface area contributed by atoms with Crippen molar-refractivity contribution in [3.8, 4) is 17.2 Å². The molecule has 2 aromatic carbocycles. The molecule has 0 aliphatic heterocycles. The highest BCUT2D eigenvalue weighted by molar-refractivity contribution is 5.48. The van der Waals surface area contributed by atoms with Gasteiger partial charge in [0.25, 0.3) is 5.69 Å². The van der Waals surface area contributed by atoms with E-state index in [1.807, 2.05) is 30.3 Å². The number of rotatable bonds is 6. The Morgan fingerprint density at radius 1 is 1.17 bits per heavy atom. The van der Waals surface area contributed by atoms with Crippen LogP contribution in [0.5, 0.6) is 11.5 Å². The first-order valence-corrected chi connectivity index (χ1v) is 6.97. The van der Waals surface area contributed by atoms with Crippen molar-refractivity contribution in [1.82, 2.24) is 20.2 Å². The van der Waals surface area contributed by atoms with Crippen molar-refractivity contribution < 1.29 is 14.4 Å². The highest BCUT2D eigenvalue weighted by Crippen LogP contribution is 2.31. The van der Waals surface area contributed by atoms with Crippen LogP contribution in [-0.2, 0) is 6.61 Å². The van der Waals surface area contributed by atoms with Crippen molar-refractivity contribution in [2.75, 3.05) is 7.11 Å². The lowest BCUT2D eigenvalue weighted by Gasteiger charge is -2.10. The Labute approximate surface area is 136 Å². The largest absolute Gasteiger partial charge is 0.493 e. The van der Waals surface area contributed by atoms with Gasteiger partial charge in [-0.15, -0.1) is 5.10 Å². The van der Waals surface area contributed by atoms with Gasteiger partial charge in [0.2, 0.25) is 0 Å². The highest BCUT2D eigenvalue weighted by atomic mass is 16.6. The fourth-order valence-corrected chi connectivity index (χ4v) is 2.10. The van der Waals surface area contributed by atoms with Crippen LogP contribution in [0.2, 0.25) is 0 Å². The van der Waals surface area contributed by atoms with Gasteiger partial charge in [-0.2, -0.15) is 4.68 Å². The number of ether oxygens (including phenoxy) is 2. The minimum absolute atomic E-state index is 0.0272. The van der Waals surface area contributed by atoms with Crippen LogP contribution < -0.4 is 9.47 Å². The second-order valence-electron chi connectivity index (χ2n) is 4.72. The Bertz CT molecular complexity index is 850. The van der Waals surface area contributed by atoms with Gasteiger partial charge in [-0.1, -0.05) is 18.2 Å². The van der Waals surface area contributed by atoms with Crippen LogP contribution in [0.25, 0.3) is 5.69 Å². The molecule has 0 aliphatic rings. The van der Waals surface area contributed by atoms with Gasteiger partial charge in [0.1, 0.15) is 0 Å². The molecular formula is C15H13N5O4. The molecule has 3 aromatic rings. The number of nitrogens with zero attached hydrogens (tertiary/aromatic N) is 5. The first-order chi connectivity index (χ1) is 11.7. The SMILES string of the molecule is COc1ccc([N+](=O)[O-])cc1OCc1nnnn1-c1ccccc1. The van der Waals surface area contributed by atoms with E-state index < -0.39 is 4.92 Å². The summed E-state index contributed by atoms with van der Waals surface area (Å²) in [4.78, 5) is 10.4. The number of para-hydroxylation sites is 1. The number of nitro benzene ring substituents is 1. The Kier molecular flexibility index (Phi) is 4.32. The molecule has 9 heteroatoms. The molecule has 0 atom stereocenters. The molecule has 3 rings (SSSR count). The van der Waals surface area contributed by atoms with Gasteiger partial charge < -0.3 is 9.47 Å². The molecule has 1 heterocycles. The maximum Gasteiger partial charge on any atom is 0.273 e. The minimum Gasteiger partial charge on any atom is -0.493 e. The standard InChI is InChI=1S/C15H13N5O4/c1-23-13-8-7-12(20(21)22)9-14(13)24-10-15-16-17-18-19(15)11-5-3-2-4-6-11/h2-9H,10H2,1H3. The van der Waals surface area contributed by atoms with Crippen LogP contribution in [-0.4, -0.2) is 32.2 Å². The Hall–Kier alpha value is -3.49. The second kappa shape index (κ2) is 6.73. The average Bonchev–Trinajstić information content (AvgIpc) is 3.09. The molecule has 0 radical (unpaired) electrons. The third-order valence-electron chi connectivity index (χ3n) is 3.25. The van der Waals surface area contributed by atoms with Gasteiger partial charge in [0.05, 0.1) is 23.8 Å². The summed E-state index contributed by atoms with van der Waals surface area (Å²) in [6.07, 6.45) is 0. The number of non-ortho nitro benzene ring substituents is 1. The number of aromatic nitrogens is 4. The van der Waals surface area contributed by atoms with Crippen molar-refractivity contribution in [2.45, 2.75) is 6.61 Å². The van der Waals surface area contributed by atoms with Crippen molar-refractivity contribution >= 4 is 5.69 Å². The summed E-state index contributed by atoms with van der Waals surface area (Å²) in [6.45, 7) is 0.0272. The third-order valence-corrected chi connectivity index (χ3v) is 3.25. The van der Waals surface area contributed by atoms with E-state index in [-0.39, 0.29) is 18.0 Å². The van der Waals surface area contributed by atoms with E-state index in [0.717, 1.165) is 5.69 Å². The van der Waals surface area contributed by atoms with Crippen LogP contribution in [0, 0.1) is 10.1 Å². The molecule has 0 N–H and O–H groups in total. The van der Waals surface area contributed by atoms with Gasteiger partial charge >= 0.3 is 0 Å². The van der Waals surface area contributed by atoms with E-state index in [2.05, 4.69) is 15.5 Å². The van der Waals surface area contributed by atoms with Crippen LogP contribution in [0.15, 0.2) is 48.5 Å². The van der Waals surface area contributed by atoms with Crippen LogP contribution >= 0.6 is 0 Å². The smallest absolute Gasteiger partial charge is 0.273 e. The van der Waals surface area contributed by atoms with E-state index >= 15 is 0 Å². The molecule has 0 spiro atoms. The van der Waals surface area contributed by atoms with Crippen molar-refractivity contribution in [3.63, 3.8) is 0 Å². The first-order valence-electron chi connectivity index (χ1n) is 6.97. The van der Waals surface area contributed by atoms with Gasteiger partial charge in [0.15, 0.2) is 23.9 Å². The highest BCUT2D eigenvalue weighted by Gasteiger charge is 2.15. The monoisotopic (exact) mass is 327 g/mol. The molecule has 0 bridgehead atoms. The number of methoxy groups -OCH3 is 1. The number of benzene rings is 2. The minimum atomic E-state index is -0.500. The molecule has 0 unspecified atom stereocenters. The Morgan fingerprint density at radius 3 is 2.67 bits per heavy atom. The fourth-order valence-electron chi connectivity index (χ4n) is 2.10. The van der Waals surface area contributed by atoms with Gasteiger partial charge in [-0.05, 0) is 28.6 Å². The average molecular weight is 327 g/mol. The predicted octanol–water partition coefficient (Wildman–Crippen LogP) is 2.16. The van der Waals surface area contributed by atoms with Crippen molar-refractivity contribution in [2.24, 2.45) is 0 Å². The lowest BCUT2D eigenvalue weighted by molar-refractivity contribution is -0.385. The summed E-state index contributed by atoms with van der Waals surface area (Å²) in [5.74, 6) is 1.09. The van der Waals surface area contributed by atoms with E-state index in [4.69, 9.17) is 9.47 Å². The topological polar surface area (TPSA) is 105 Å². The summed E-state index contributed by atoms with van der Waals surface area (Å²) in [5.41, 5.74) is 0.695. The Balaban J connectivity index is 1.83. The fraction of sp³-hybridized carbons (Fsp3) is 0.133. The maximum absolute atomic E-state index is 10.9. The molecule has 9 nitrogen and oxygen atoms in total.